The van der Waals surface area contributed by atoms with Crippen LogP contribution in [0.2, 0.25) is 19.6 Å². The van der Waals surface area contributed by atoms with Gasteiger partial charge in [0.2, 0.25) is 0 Å². The highest BCUT2D eigenvalue weighted by Gasteiger charge is 2.43. The number of rotatable bonds is 3. The van der Waals surface area contributed by atoms with Crippen molar-refractivity contribution in [3.05, 3.63) is 35.4 Å². The van der Waals surface area contributed by atoms with E-state index < -0.39 is 8.32 Å². The number of carbonyl (C=O) groups is 1. The molecular formula is C19H25NO2Si. The summed E-state index contributed by atoms with van der Waals surface area (Å²) in [5.41, 5.74) is 1.48. The summed E-state index contributed by atoms with van der Waals surface area (Å²) in [5, 5.41) is 0. The molecule has 2 atom stereocenters. The van der Waals surface area contributed by atoms with Crippen molar-refractivity contribution in [1.82, 2.24) is 4.90 Å². The monoisotopic (exact) mass is 327 g/mol. The summed E-state index contributed by atoms with van der Waals surface area (Å²) in [6.45, 7) is 8.97. The molecule has 4 heteroatoms. The van der Waals surface area contributed by atoms with E-state index in [1.807, 2.05) is 24.3 Å². The second-order valence-corrected chi connectivity index (χ2v) is 11.9. The molecular weight excluding hydrogens is 302 g/mol. The SMILES string of the molecule is C[Si](C)(C)OC1C2CCN(CC2)C1C#Cc1ccccc1C=O. The molecule has 0 amide bonds. The molecule has 0 aliphatic carbocycles. The van der Waals surface area contributed by atoms with Crippen LogP contribution in [0, 0.1) is 17.8 Å². The van der Waals surface area contributed by atoms with Gasteiger partial charge in [-0.25, -0.2) is 0 Å². The molecule has 0 aromatic heterocycles. The fraction of sp³-hybridized carbons (Fsp3) is 0.526. The summed E-state index contributed by atoms with van der Waals surface area (Å²) in [6, 6.07) is 7.70. The standard InChI is InChI=1S/C19H25NO2Si/c1-23(2,3)22-19-16-10-12-20(13-11-16)18(19)9-8-15-6-4-5-7-17(15)14-21/h4-7,14,16,18-19H,10-13H2,1-3H3. The molecule has 23 heavy (non-hydrogen) atoms. The van der Waals surface area contributed by atoms with Crippen LogP contribution in [-0.2, 0) is 4.43 Å². The van der Waals surface area contributed by atoms with Crippen LogP contribution in [0.3, 0.4) is 0 Å². The molecule has 3 aliphatic heterocycles. The molecule has 1 aromatic rings. The lowest BCUT2D eigenvalue weighted by molar-refractivity contribution is -0.0398. The van der Waals surface area contributed by atoms with Gasteiger partial charge in [-0.1, -0.05) is 30.0 Å². The number of benzene rings is 1. The maximum Gasteiger partial charge on any atom is 0.184 e. The Kier molecular flexibility index (Phi) is 4.72. The summed E-state index contributed by atoms with van der Waals surface area (Å²) in [6.07, 6.45) is 3.55. The van der Waals surface area contributed by atoms with E-state index in [0.717, 1.165) is 24.9 Å². The summed E-state index contributed by atoms with van der Waals surface area (Å²) in [7, 11) is -1.60. The van der Waals surface area contributed by atoms with E-state index in [-0.39, 0.29) is 12.1 Å². The zero-order chi connectivity index (χ0) is 16.4. The molecule has 3 aliphatic rings. The van der Waals surface area contributed by atoms with E-state index in [9.17, 15) is 4.79 Å². The van der Waals surface area contributed by atoms with Gasteiger partial charge in [-0.2, -0.15) is 0 Å². The molecule has 122 valence electrons. The second kappa shape index (κ2) is 6.60. The summed E-state index contributed by atoms with van der Waals surface area (Å²) in [4.78, 5) is 13.6. The first-order valence-electron chi connectivity index (χ1n) is 8.45. The Labute approximate surface area is 140 Å². The van der Waals surface area contributed by atoms with Crippen LogP contribution in [0.15, 0.2) is 24.3 Å². The first kappa shape index (κ1) is 16.4. The smallest absolute Gasteiger partial charge is 0.184 e. The van der Waals surface area contributed by atoms with Crippen LogP contribution >= 0.6 is 0 Å². The molecule has 3 heterocycles. The molecule has 3 nitrogen and oxygen atoms in total. The maximum atomic E-state index is 11.2. The van der Waals surface area contributed by atoms with E-state index >= 15 is 0 Å². The summed E-state index contributed by atoms with van der Waals surface area (Å²) < 4.78 is 6.50. The first-order chi connectivity index (χ1) is 11.0. The van der Waals surface area contributed by atoms with Gasteiger partial charge in [0, 0.05) is 11.1 Å². The van der Waals surface area contributed by atoms with Crippen LogP contribution in [0.25, 0.3) is 0 Å². The molecule has 0 spiro atoms. The van der Waals surface area contributed by atoms with Crippen molar-refractivity contribution in [1.29, 1.82) is 0 Å². The lowest BCUT2D eigenvalue weighted by Gasteiger charge is -2.50. The van der Waals surface area contributed by atoms with Crippen molar-refractivity contribution in [3.63, 3.8) is 0 Å². The van der Waals surface area contributed by atoms with Gasteiger partial charge in [0.15, 0.2) is 14.6 Å². The highest BCUT2D eigenvalue weighted by molar-refractivity contribution is 6.69. The fourth-order valence-corrected chi connectivity index (χ4v) is 4.74. The average molecular weight is 328 g/mol. The average Bonchev–Trinajstić information content (AvgIpc) is 2.54. The Morgan fingerprint density at radius 2 is 1.91 bits per heavy atom. The van der Waals surface area contributed by atoms with Crippen molar-refractivity contribution in [2.75, 3.05) is 13.1 Å². The minimum absolute atomic E-state index is 0.161. The van der Waals surface area contributed by atoms with E-state index in [0.29, 0.717) is 11.5 Å². The van der Waals surface area contributed by atoms with E-state index in [2.05, 4.69) is 36.4 Å². The molecule has 0 N–H and O–H groups in total. The van der Waals surface area contributed by atoms with Crippen molar-refractivity contribution in [2.24, 2.45) is 5.92 Å². The number of hydrogen-bond donors (Lipinski definition) is 0. The fourth-order valence-electron chi connectivity index (χ4n) is 3.60. The molecule has 2 unspecified atom stereocenters. The molecule has 0 saturated carbocycles. The Hall–Kier alpha value is -1.41. The van der Waals surface area contributed by atoms with E-state index in [4.69, 9.17) is 4.43 Å². The number of nitrogens with zero attached hydrogens (tertiary/aromatic N) is 1. The van der Waals surface area contributed by atoms with Crippen LogP contribution in [0.1, 0.15) is 28.8 Å². The predicted octanol–water partition coefficient (Wildman–Crippen LogP) is 3.16. The van der Waals surface area contributed by atoms with Crippen LogP contribution in [0.5, 0.6) is 0 Å². The van der Waals surface area contributed by atoms with Gasteiger partial charge in [-0.15, -0.1) is 0 Å². The highest BCUT2D eigenvalue weighted by atomic mass is 28.4. The Balaban J connectivity index is 1.87. The summed E-state index contributed by atoms with van der Waals surface area (Å²) >= 11 is 0. The first-order valence-corrected chi connectivity index (χ1v) is 11.9. The largest absolute Gasteiger partial charge is 0.412 e. The van der Waals surface area contributed by atoms with Crippen molar-refractivity contribution < 1.29 is 9.22 Å². The zero-order valence-corrected chi connectivity index (χ0v) is 15.2. The van der Waals surface area contributed by atoms with Crippen molar-refractivity contribution in [3.8, 4) is 11.8 Å². The molecule has 3 saturated heterocycles. The van der Waals surface area contributed by atoms with Crippen molar-refractivity contribution in [2.45, 2.75) is 44.6 Å². The van der Waals surface area contributed by atoms with Crippen molar-refractivity contribution >= 4 is 14.6 Å². The predicted molar refractivity (Wildman–Crippen MR) is 95.0 cm³/mol. The quantitative estimate of drug-likeness (QED) is 0.485. The maximum absolute atomic E-state index is 11.2. The van der Waals surface area contributed by atoms with Gasteiger partial charge in [-0.3, -0.25) is 9.69 Å². The third-order valence-corrected chi connectivity index (χ3v) is 5.65. The zero-order valence-electron chi connectivity index (χ0n) is 14.2. The minimum atomic E-state index is -1.60. The molecule has 3 fully saturated rings. The topological polar surface area (TPSA) is 29.5 Å². The highest BCUT2D eigenvalue weighted by Crippen LogP contribution is 2.35. The normalized spacial score (nSPS) is 29.7. The van der Waals surface area contributed by atoms with Gasteiger partial charge in [0.25, 0.3) is 0 Å². The summed E-state index contributed by atoms with van der Waals surface area (Å²) in [5.74, 6) is 7.31. The number of carbonyl (C=O) groups excluding carboxylic acids is 1. The Morgan fingerprint density at radius 3 is 2.57 bits per heavy atom. The van der Waals surface area contributed by atoms with Gasteiger partial charge in [0.1, 0.15) is 0 Å². The van der Waals surface area contributed by atoms with Crippen LogP contribution in [0.4, 0.5) is 0 Å². The van der Waals surface area contributed by atoms with Gasteiger partial charge < -0.3 is 4.43 Å². The van der Waals surface area contributed by atoms with E-state index in [1.165, 1.54) is 12.8 Å². The third kappa shape index (κ3) is 3.74. The molecule has 4 rings (SSSR count). The van der Waals surface area contributed by atoms with Crippen LogP contribution < -0.4 is 0 Å². The molecule has 1 aromatic carbocycles. The van der Waals surface area contributed by atoms with Crippen LogP contribution in [-0.4, -0.2) is 44.7 Å². The second-order valence-electron chi connectivity index (χ2n) is 7.49. The van der Waals surface area contributed by atoms with Gasteiger partial charge in [0.05, 0.1) is 12.1 Å². The number of hydrogen-bond acceptors (Lipinski definition) is 3. The lowest BCUT2D eigenvalue weighted by atomic mass is 9.81. The molecule has 2 bridgehead atoms. The number of fused-ring (bicyclic) bond motifs is 3. The lowest BCUT2D eigenvalue weighted by Crippen LogP contribution is -2.60. The number of aldehydes is 1. The van der Waals surface area contributed by atoms with Gasteiger partial charge >= 0.3 is 0 Å². The third-order valence-electron chi connectivity index (χ3n) is 4.68. The number of piperidine rings is 3. The van der Waals surface area contributed by atoms with Gasteiger partial charge in [-0.05, 0) is 57.6 Å². The Bertz CT molecular complexity index is 633. The molecule has 0 radical (unpaired) electrons. The van der Waals surface area contributed by atoms with E-state index in [1.54, 1.807) is 0 Å². The minimum Gasteiger partial charge on any atom is -0.412 e. The Morgan fingerprint density at radius 1 is 1.22 bits per heavy atom.